The first-order valence-electron chi connectivity index (χ1n) is 41.1. The van der Waals surface area contributed by atoms with E-state index in [1.165, 1.54) is 87.2 Å². The summed E-state index contributed by atoms with van der Waals surface area (Å²) in [5.74, 6) is -16.9. The van der Waals surface area contributed by atoms with Crippen molar-refractivity contribution in [2.75, 3.05) is 47.4 Å². The molecule has 18 atom stereocenters. The zero-order valence-corrected chi connectivity index (χ0v) is 71.2. The fourth-order valence-electron chi connectivity index (χ4n) is 13.9. The number of guanidine groups is 1. The van der Waals surface area contributed by atoms with E-state index in [1.807, 2.05) is 0 Å². The number of carbonyl (C=O) groups excluding carboxylic acids is 15. The second-order valence-electron chi connectivity index (χ2n) is 31.8. The molecule has 0 unspecified atom stereocenters. The molecule has 0 aromatic rings. The molecule has 0 aliphatic carbocycles. The monoisotopic (exact) mass is 1630 g/mol. The summed E-state index contributed by atoms with van der Waals surface area (Å²) >= 11 is 0. The summed E-state index contributed by atoms with van der Waals surface area (Å²) in [6.07, 6.45) is 10.6. The van der Waals surface area contributed by atoms with E-state index in [-0.39, 0.29) is 31.7 Å². The molecule has 3 aliphatic heterocycles. The first-order chi connectivity index (χ1) is 54.2. The van der Waals surface area contributed by atoms with Crippen molar-refractivity contribution in [1.82, 2.24) is 83.8 Å². The van der Waals surface area contributed by atoms with Crippen LogP contribution in [0.25, 0.3) is 0 Å². The SMILES string of the molecule is C/C=C(\NC(=O)[C@@H](C)NC(=O)[C@H](NC(=O)[C@H](NC(=O)CNC(=O)[C@H]([C@H](C)O)N(C)C(=O)[C@@H]1CCCN1C(=O)CCCCCCCCCCCCC)C(C)C)[C@H](C)CC)C(=O)N[C@H]1C(=O)N[C@H](C(C)C)C(=O)N[C@@H](C(C)C)C(=O)N[C@H]([C@H](C)O)C(=O)N[C@@H](CO)C(=O)N[C@H]([C@H](C)CC)C(=O)N[C@@H]([C@@H]2CCNC(=NC)N2C)C(=O)O[C@@H]1C. The lowest BCUT2D eigenvalue weighted by Gasteiger charge is -2.40. The number of unbranched alkanes of at least 4 members (excludes halogenated alkanes) is 10. The number of hydrogen-bond donors (Lipinski definition) is 16. The number of rotatable bonds is 37. The third kappa shape index (κ3) is 30.5. The number of likely N-dealkylation sites (tertiary alicyclic amines) is 1. The molecule has 0 aromatic heterocycles. The molecule has 3 rings (SSSR count). The molecule has 0 spiro atoms. The number of aliphatic hydroxyl groups is 3. The van der Waals surface area contributed by atoms with Crippen molar-refractivity contribution in [3.05, 3.63) is 11.8 Å². The first-order valence-corrected chi connectivity index (χ1v) is 41.1. The summed E-state index contributed by atoms with van der Waals surface area (Å²) < 4.78 is 6.07. The third-order valence-electron chi connectivity index (χ3n) is 21.6. The van der Waals surface area contributed by atoms with Crippen LogP contribution in [0.4, 0.5) is 0 Å². The van der Waals surface area contributed by atoms with E-state index in [9.17, 15) is 77.6 Å². The van der Waals surface area contributed by atoms with Crippen LogP contribution in [-0.2, 0) is 76.7 Å². The molecule has 0 radical (unpaired) electrons. The Morgan fingerprint density at radius 3 is 1.70 bits per heavy atom. The number of esters is 1. The summed E-state index contributed by atoms with van der Waals surface area (Å²) in [5, 5.41) is 65.7. The Kier molecular flexibility index (Phi) is 43.3. The number of nitrogens with zero attached hydrogens (tertiary/aromatic N) is 4. The number of allylic oxidation sites excluding steroid dienone is 1. The smallest absolute Gasteiger partial charge is 0.331 e. The van der Waals surface area contributed by atoms with E-state index in [4.69, 9.17) is 4.74 Å². The van der Waals surface area contributed by atoms with Crippen molar-refractivity contribution in [3.8, 4) is 0 Å². The molecular weight excluding hydrogens is 1490 g/mol. The second-order valence-corrected chi connectivity index (χ2v) is 31.8. The minimum Gasteiger partial charge on any atom is -0.458 e. The lowest BCUT2D eigenvalue weighted by Crippen LogP contribution is -2.66. The lowest BCUT2D eigenvalue weighted by atomic mass is 9.95. The van der Waals surface area contributed by atoms with Gasteiger partial charge >= 0.3 is 5.97 Å². The Morgan fingerprint density at radius 2 is 1.18 bits per heavy atom. The summed E-state index contributed by atoms with van der Waals surface area (Å²) in [5.41, 5.74) is -0.521. The zero-order chi connectivity index (χ0) is 86.8. The minimum atomic E-state index is -1.98. The average molecular weight is 1630 g/mol. The van der Waals surface area contributed by atoms with Crippen molar-refractivity contribution in [2.24, 2.45) is 34.6 Å². The molecule has 115 heavy (non-hydrogen) atoms. The van der Waals surface area contributed by atoms with E-state index >= 15 is 9.59 Å². The Morgan fingerprint density at radius 1 is 0.643 bits per heavy atom. The predicted molar refractivity (Wildman–Crippen MR) is 429 cm³/mol. The van der Waals surface area contributed by atoms with Gasteiger partial charge in [0.05, 0.1) is 31.4 Å². The quantitative estimate of drug-likeness (QED) is 0.0213. The molecular formula is C79H137N17O19. The van der Waals surface area contributed by atoms with Crippen LogP contribution >= 0.6 is 0 Å². The molecule has 3 aliphatic rings. The van der Waals surface area contributed by atoms with Crippen molar-refractivity contribution in [2.45, 2.75) is 317 Å². The average Bonchev–Trinajstić information content (AvgIpc) is 1.29. The standard InChI is InChI=1S/C79H137N17O19/c1-20-24-25-26-27-28-29-30-31-32-33-36-56(101)96-39-34-35-54(96)77(113)95(19)65(49(15)99)76(112)82-40-55(100)86-57(42(5)6)69(105)90-60(45(11)21-2)72(108)83-47(13)66(102)84-51(23-4)67(103)92-63-50(16)115-78(114)64(53-37-38-81-79(80-17)94(53)18)93-73(109)61(46(12)22-3)89-68(104)52(41-97)85-74(110)62(48(14)98)91-71(107)59(44(9)10)87-70(106)58(43(7)8)88-75(63)111/h23,42-50,52-54,57-65,97-99H,20-22,24-41H2,1-19H3,(H,80,81)(H,82,112)(H,83,108)(H,84,102)(H,85,110)(H,86,100)(H,87,106)(H,88,111)(H,89,104)(H,90,105)(H,91,107)(H,92,103)(H,93,109)/b51-23-/t45-,46-,47-,48+,49+,50-,52+,53+,54+,57-,58-,59+,60-,61-,62-,63-,64+,65+/m1/s1. The largest absolute Gasteiger partial charge is 0.458 e. The number of likely N-dealkylation sites (N-methyl/N-ethyl adjacent to an activating group) is 2. The Labute approximate surface area is 678 Å². The van der Waals surface area contributed by atoms with Crippen LogP contribution in [0.2, 0.25) is 0 Å². The minimum absolute atomic E-state index is 0.149. The molecule has 14 amide bonds. The van der Waals surface area contributed by atoms with Gasteiger partial charge in [-0.05, 0) is 89.9 Å². The van der Waals surface area contributed by atoms with Gasteiger partial charge < -0.3 is 104 Å². The van der Waals surface area contributed by atoms with Crippen molar-refractivity contribution in [3.63, 3.8) is 0 Å². The van der Waals surface area contributed by atoms with Gasteiger partial charge in [-0.3, -0.25) is 72.1 Å². The molecule has 3 fully saturated rings. The maximum atomic E-state index is 15.0. The fourth-order valence-corrected chi connectivity index (χ4v) is 13.9. The number of ether oxygens (including phenoxy) is 1. The molecule has 0 saturated carbocycles. The Balaban J connectivity index is 1.91. The van der Waals surface area contributed by atoms with Crippen LogP contribution in [0, 0.1) is 29.6 Å². The number of hydrogen-bond acceptors (Lipinski definition) is 20. The van der Waals surface area contributed by atoms with E-state index in [1.54, 1.807) is 86.1 Å². The molecule has 3 heterocycles. The van der Waals surface area contributed by atoms with E-state index in [2.05, 4.69) is 81.0 Å². The van der Waals surface area contributed by atoms with E-state index in [0.717, 1.165) is 36.7 Å². The number of nitrogens with one attached hydrogen (secondary N) is 13. The summed E-state index contributed by atoms with van der Waals surface area (Å²) in [6, 6.07) is -19.1. The predicted octanol–water partition coefficient (Wildman–Crippen LogP) is -0.452. The van der Waals surface area contributed by atoms with Gasteiger partial charge in [-0.25, -0.2) is 4.79 Å². The molecule has 16 N–H and O–H groups in total. The molecule has 36 nitrogen and oxygen atoms in total. The van der Waals surface area contributed by atoms with Crippen molar-refractivity contribution in [1.29, 1.82) is 0 Å². The van der Waals surface area contributed by atoms with Gasteiger partial charge in [-0.2, -0.15) is 0 Å². The fraction of sp³-hybridized carbons (Fsp3) is 0.772. The first kappa shape index (κ1) is 100. The van der Waals surface area contributed by atoms with Gasteiger partial charge in [0, 0.05) is 40.7 Å². The molecule has 0 aromatic carbocycles. The van der Waals surface area contributed by atoms with E-state index in [0.29, 0.717) is 38.2 Å². The number of aliphatic hydroxyl groups excluding tert-OH is 3. The normalized spacial score (nSPS) is 24.4. The summed E-state index contributed by atoms with van der Waals surface area (Å²) in [6.45, 7) is 23.5. The van der Waals surface area contributed by atoms with Gasteiger partial charge in [0.15, 0.2) is 5.96 Å². The number of aliphatic imine (C=N–C) groups is 1. The van der Waals surface area contributed by atoms with Crippen LogP contribution in [0.1, 0.15) is 220 Å². The van der Waals surface area contributed by atoms with Gasteiger partial charge in [-0.1, -0.05) is 159 Å². The van der Waals surface area contributed by atoms with Gasteiger partial charge in [0.2, 0.25) is 76.8 Å². The summed E-state index contributed by atoms with van der Waals surface area (Å²) in [7, 11) is 4.40. The number of amides is 14. The summed E-state index contributed by atoms with van der Waals surface area (Å²) in [4.78, 5) is 222. The van der Waals surface area contributed by atoms with Gasteiger partial charge in [0.1, 0.15) is 84.3 Å². The lowest BCUT2D eigenvalue weighted by molar-refractivity contribution is -0.157. The van der Waals surface area contributed by atoms with Gasteiger partial charge in [0.25, 0.3) is 5.91 Å². The molecule has 36 heteroatoms. The van der Waals surface area contributed by atoms with Crippen molar-refractivity contribution >= 4 is 94.6 Å². The van der Waals surface area contributed by atoms with Crippen LogP contribution in [0.5, 0.6) is 0 Å². The van der Waals surface area contributed by atoms with Crippen LogP contribution in [0.15, 0.2) is 16.8 Å². The highest BCUT2D eigenvalue weighted by molar-refractivity contribution is 6.03. The highest BCUT2D eigenvalue weighted by Gasteiger charge is 2.46. The maximum Gasteiger partial charge on any atom is 0.331 e. The highest BCUT2D eigenvalue weighted by atomic mass is 16.5. The topological polar surface area (TPSA) is 504 Å². The second kappa shape index (κ2) is 49.8. The zero-order valence-electron chi connectivity index (χ0n) is 71.2. The molecule has 3 saturated heterocycles. The van der Waals surface area contributed by atoms with Gasteiger partial charge in [-0.15, -0.1) is 0 Å². The number of carbonyl (C=O) groups is 15. The van der Waals surface area contributed by atoms with Crippen LogP contribution in [0.3, 0.4) is 0 Å². The maximum absolute atomic E-state index is 15.0. The third-order valence-corrected chi connectivity index (χ3v) is 21.6. The molecule has 0 bridgehead atoms. The highest BCUT2D eigenvalue weighted by Crippen LogP contribution is 2.25. The van der Waals surface area contributed by atoms with Crippen LogP contribution in [-0.4, -0.2) is 269 Å². The Hall–Kier alpha value is -9.06. The van der Waals surface area contributed by atoms with E-state index < -0.39 is 228 Å². The van der Waals surface area contributed by atoms with Crippen molar-refractivity contribution < 1.29 is 92.0 Å². The Bertz CT molecular complexity index is 3350. The molecule has 652 valence electrons. The number of cyclic esters (lactones) is 1. The van der Waals surface area contributed by atoms with Crippen LogP contribution < -0.4 is 69.1 Å².